The number of benzene rings is 1. The van der Waals surface area contributed by atoms with Crippen molar-refractivity contribution in [3.8, 4) is 0 Å². The minimum absolute atomic E-state index is 0.0437. The summed E-state index contributed by atoms with van der Waals surface area (Å²) in [7, 11) is 3.45. The molecule has 0 fully saturated rings. The van der Waals surface area contributed by atoms with Gasteiger partial charge in [-0.25, -0.2) is 4.98 Å². The second-order valence-corrected chi connectivity index (χ2v) is 5.97. The van der Waals surface area contributed by atoms with E-state index in [-0.39, 0.29) is 5.91 Å². The molecular formula is C16H18BrN3O. The zero-order valence-electron chi connectivity index (χ0n) is 12.4. The van der Waals surface area contributed by atoms with E-state index in [2.05, 4.69) is 45.3 Å². The molecule has 1 aromatic carbocycles. The number of halogens is 1. The average Bonchev–Trinajstić information content (AvgIpc) is 2.46. The van der Waals surface area contributed by atoms with Gasteiger partial charge in [0.1, 0.15) is 5.82 Å². The fourth-order valence-electron chi connectivity index (χ4n) is 1.93. The highest BCUT2D eigenvalue weighted by Crippen LogP contribution is 2.17. The Bertz CT molecular complexity index is 638. The summed E-state index contributed by atoms with van der Waals surface area (Å²) in [6.45, 7) is 2.78. The van der Waals surface area contributed by atoms with Crippen molar-refractivity contribution >= 4 is 27.7 Å². The molecule has 0 bridgehead atoms. The fraction of sp³-hybridized carbons (Fsp3) is 0.250. The number of hydrogen-bond donors (Lipinski definition) is 1. The molecule has 1 N–H and O–H groups in total. The second kappa shape index (κ2) is 6.72. The number of nitrogens with one attached hydrogen (secondary N) is 1. The predicted molar refractivity (Wildman–Crippen MR) is 88.5 cm³/mol. The lowest BCUT2D eigenvalue weighted by molar-refractivity contribution is 0.0827. The standard InChI is InChI=1S/C16H18BrN3O/c1-11-8-14(17)6-4-12(11)9-18-15-7-5-13(10-19-15)16(21)20(2)3/h4-8,10H,9H2,1-3H3,(H,18,19). The lowest BCUT2D eigenvalue weighted by atomic mass is 10.1. The van der Waals surface area contributed by atoms with Gasteiger partial charge in [-0.2, -0.15) is 0 Å². The van der Waals surface area contributed by atoms with Crippen LogP contribution in [0, 0.1) is 6.92 Å². The molecule has 1 amide bonds. The van der Waals surface area contributed by atoms with Crippen LogP contribution in [0.15, 0.2) is 41.0 Å². The molecular weight excluding hydrogens is 330 g/mol. The second-order valence-electron chi connectivity index (χ2n) is 5.06. The van der Waals surface area contributed by atoms with E-state index in [1.165, 1.54) is 16.0 Å². The first kappa shape index (κ1) is 15.5. The number of aromatic nitrogens is 1. The highest BCUT2D eigenvalue weighted by Gasteiger charge is 2.08. The van der Waals surface area contributed by atoms with Crippen molar-refractivity contribution in [1.29, 1.82) is 0 Å². The summed E-state index contributed by atoms with van der Waals surface area (Å²) in [5.74, 6) is 0.713. The molecule has 0 saturated carbocycles. The summed E-state index contributed by atoms with van der Waals surface area (Å²) in [5, 5.41) is 3.27. The first-order valence-electron chi connectivity index (χ1n) is 6.64. The van der Waals surface area contributed by atoms with E-state index in [1.807, 2.05) is 12.1 Å². The number of rotatable bonds is 4. The molecule has 2 rings (SSSR count). The molecule has 0 radical (unpaired) electrons. The Labute approximate surface area is 133 Å². The number of hydrogen-bond acceptors (Lipinski definition) is 3. The Morgan fingerprint density at radius 1 is 1.29 bits per heavy atom. The monoisotopic (exact) mass is 347 g/mol. The molecule has 4 nitrogen and oxygen atoms in total. The Morgan fingerprint density at radius 2 is 2.05 bits per heavy atom. The van der Waals surface area contributed by atoms with Gasteiger partial charge in [0.2, 0.25) is 0 Å². The molecule has 0 saturated heterocycles. The number of carbonyl (C=O) groups excluding carboxylic acids is 1. The minimum atomic E-state index is -0.0437. The summed E-state index contributed by atoms with van der Waals surface area (Å²) in [4.78, 5) is 17.6. The van der Waals surface area contributed by atoms with Crippen LogP contribution in [-0.4, -0.2) is 29.9 Å². The van der Waals surface area contributed by atoms with Crippen molar-refractivity contribution in [3.63, 3.8) is 0 Å². The normalized spacial score (nSPS) is 10.3. The van der Waals surface area contributed by atoms with Crippen LogP contribution in [0.2, 0.25) is 0 Å². The van der Waals surface area contributed by atoms with E-state index in [9.17, 15) is 4.79 Å². The average molecular weight is 348 g/mol. The Balaban J connectivity index is 2.02. The maximum absolute atomic E-state index is 11.8. The molecule has 0 unspecified atom stereocenters. The lowest BCUT2D eigenvalue weighted by Gasteiger charge is -2.11. The van der Waals surface area contributed by atoms with E-state index in [0.29, 0.717) is 12.1 Å². The third kappa shape index (κ3) is 4.04. The number of carbonyl (C=O) groups is 1. The highest BCUT2D eigenvalue weighted by molar-refractivity contribution is 9.10. The molecule has 0 aliphatic heterocycles. The summed E-state index contributed by atoms with van der Waals surface area (Å²) < 4.78 is 1.08. The van der Waals surface area contributed by atoms with Gasteiger partial charge < -0.3 is 10.2 Å². The Kier molecular flexibility index (Phi) is 4.96. The molecule has 21 heavy (non-hydrogen) atoms. The van der Waals surface area contributed by atoms with Gasteiger partial charge in [-0.1, -0.05) is 22.0 Å². The molecule has 1 aromatic heterocycles. The van der Waals surface area contributed by atoms with Crippen molar-refractivity contribution in [1.82, 2.24) is 9.88 Å². The maximum atomic E-state index is 11.8. The van der Waals surface area contributed by atoms with Crippen molar-refractivity contribution < 1.29 is 4.79 Å². The quantitative estimate of drug-likeness (QED) is 0.920. The van der Waals surface area contributed by atoms with Crippen LogP contribution >= 0.6 is 15.9 Å². The number of pyridine rings is 1. The van der Waals surface area contributed by atoms with Crippen molar-refractivity contribution in [3.05, 3.63) is 57.7 Å². The Morgan fingerprint density at radius 3 is 2.62 bits per heavy atom. The van der Waals surface area contributed by atoms with Gasteiger partial charge in [-0.3, -0.25) is 4.79 Å². The zero-order valence-corrected chi connectivity index (χ0v) is 13.9. The van der Waals surface area contributed by atoms with Crippen LogP contribution in [-0.2, 0) is 6.54 Å². The van der Waals surface area contributed by atoms with Gasteiger partial charge in [0.05, 0.1) is 5.56 Å². The van der Waals surface area contributed by atoms with Crippen molar-refractivity contribution in [2.24, 2.45) is 0 Å². The van der Waals surface area contributed by atoms with Gasteiger partial charge >= 0.3 is 0 Å². The third-order valence-electron chi connectivity index (χ3n) is 3.18. The number of amides is 1. The summed E-state index contributed by atoms with van der Waals surface area (Å²) in [5.41, 5.74) is 3.02. The van der Waals surface area contributed by atoms with Gasteiger partial charge in [0, 0.05) is 31.3 Å². The molecule has 0 aliphatic carbocycles. The van der Waals surface area contributed by atoms with Crippen LogP contribution in [0.3, 0.4) is 0 Å². The van der Waals surface area contributed by atoms with E-state index in [0.717, 1.165) is 10.3 Å². The van der Waals surface area contributed by atoms with Crippen molar-refractivity contribution in [2.45, 2.75) is 13.5 Å². The van der Waals surface area contributed by atoms with E-state index < -0.39 is 0 Å². The predicted octanol–water partition coefficient (Wildman–Crippen LogP) is 3.47. The first-order valence-corrected chi connectivity index (χ1v) is 7.43. The van der Waals surface area contributed by atoms with Crippen LogP contribution < -0.4 is 5.32 Å². The molecule has 0 aliphatic rings. The van der Waals surface area contributed by atoms with E-state index >= 15 is 0 Å². The topological polar surface area (TPSA) is 45.2 Å². The molecule has 5 heteroatoms. The smallest absolute Gasteiger partial charge is 0.254 e. The highest BCUT2D eigenvalue weighted by atomic mass is 79.9. The first-order chi connectivity index (χ1) is 9.97. The number of aryl methyl sites for hydroxylation is 1. The largest absolute Gasteiger partial charge is 0.366 e. The molecule has 2 aromatic rings. The van der Waals surface area contributed by atoms with Crippen molar-refractivity contribution in [2.75, 3.05) is 19.4 Å². The molecule has 1 heterocycles. The summed E-state index contributed by atoms with van der Waals surface area (Å²) >= 11 is 3.46. The zero-order chi connectivity index (χ0) is 15.4. The van der Waals surface area contributed by atoms with E-state index in [4.69, 9.17) is 0 Å². The SMILES string of the molecule is Cc1cc(Br)ccc1CNc1ccc(C(=O)N(C)C)cn1. The van der Waals surface area contributed by atoms with Crippen LogP contribution in [0.5, 0.6) is 0 Å². The summed E-state index contributed by atoms with van der Waals surface area (Å²) in [6.07, 6.45) is 1.60. The molecule has 0 atom stereocenters. The Hall–Kier alpha value is -1.88. The van der Waals surface area contributed by atoms with Gasteiger partial charge in [0.15, 0.2) is 0 Å². The lowest BCUT2D eigenvalue weighted by Crippen LogP contribution is -2.21. The van der Waals surface area contributed by atoms with Gasteiger partial charge in [-0.05, 0) is 42.3 Å². The molecule has 0 spiro atoms. The third-order valence-corrected chi connectivity index (χ3v) is 3.67. The van der Waals surface area contributed by atoms with Crippen LogP contribution in [0.25, 0.3) is 0 Å². The van der Waals surface area contributed by atoms with Gasteiger partial charge in [0.25, 0.3) is 5.91 Å². The molecule has 110 valence electrons. The number of nitrogens with zero attached hydrogens (tertiary/aromatic N) is 2. The number of anilines is 1. The van der Waals surface area contributed by atoms with Crippen LogP contribution in [0.4, 0.5) is 5.82 Å². The van der Waals surface area contributed by atoms with Gasteiger partial charge in [-0.15, -0.1) is 0 Å². The fourth-order valence-corrected chi connectivity index (χ4v) is 2.40. The van der Waals surface area contributed by atoms with E-state index in [1.54, 1.807) is 26.4 Å². The minimum Gasteiger partial charge on any atom is -0.366 e. The summed E-state index contributed by atoms with van der Waals surface area (Å²) in [6, 6.07) is 9.80. The van der Waals surface area contributed by atoms with Crippen LogP contribution in [0.1, 0.15) is 21.5 Å². The maximum Gasteiger partial charge on any atom is 0.254 e.